The Balaban J connectivity index is 2.82. The summed E-state index contributed by atoms with van der Waals surface area (Å²) in [5.74, 6) is 2.47. The zero-order valence-electron chi connectivity index (χ0n) is 8.63. The van der Waals surface area contributed by atoms with Crippen LogP contribution in [0.2, 0.25) is 0 Å². The van der Waals surface area contributed by atoms with E-state index in [4.69, 9.17) is 6.42 Å². The third-order valence-corrected chi connectivity index (χ3v) is 4.07. The minimum Gasteiger partial charge on any atom is -0.335 e. The van der Waals surface area contributed by atoms with Crippen LogP contribution < -0.4 is 5.32 Å². The van der Waals surface area contributed by atoms with Gasteiger partial charge in [0.1, 0.15) is 4.88 Å². The van der Waals surface area contributed by atoms with Crippen molar-refractivity contribution in [3.05, 3.63) is 20.8 Å². The summed E-state index contributed by atoms with van der Waals surface area (Å²) in [5.41, 5.74) is -0.569. The molecule has 2 nitrogen and oxygen atoms in total. The predicted octanol–water partition coefficient (Wildman–Crippen LogP) is 3.04. The lowest BCUT2D eigenvalue weighted by Crippen LogP contribution is -2.44. The van der Waals surface area contributed by atoms with Crippen molar-refractivity contribution in [2.75, 3.05) is 0 Å². The molecule has 1 atom stereocenters. The van der Waals surface area contributed by atoms with Crippen molar-refractivity contribution in [1.82, 2.24) is 5.32 Å². The summed E-state index contributed by atoms with van der Waals surface area (Å²) in [7, 11) is 0. The molecule has 0 aliphatic carbocycles. The second kappa shape index (κ2) is 4.82. The molecule has 0 saturated carbocycles. The molecule has 15 heavy (non-hydrogen) atoms. The van der Waals surface area contributed by atoms with Gasteiger partial charge in [0, 0.05) is 4.47 Å². The summed E-state index contributed by atoms with van der Waals surface area (Å²) in [5, 5.41) is 4.70. The average molecular weight is 286 g/mol. The molecule has 0 aliphatic heterocycles. The lowest BCUT2D eigenvalue weighted by atomic mass is 10.0. The molecule has 1 unspecified atom stereocenters. The fourth-order valence-corrected chi connectivity index (χ4v) is 2.44. The Morgan fingerprint density at radius 1 is 1.80 bits per heavy atom. The van der Waals surface area contributed by atoms with E-state index in [0.29, 0.717) is 11.3 Å². The number of amides is 1. The number of hydrogen-bond donors (Lipinski definition) is 1. The second-order valence-corrected chi connectivity index (χ2v) is 5.15. The lowest BCUT2D eigenvalue weighted by Gasteiger charge is -2.22. The standard InChI is InChI=1S/C11H12BrNOS/c1-4-11(3,5-2)13-10(14)9-8(12)6-7-15-9/h1,6-7H,5H2,2-3H3,(H,13,14). The van der Waals surface area contributed by atoms with Crippen LogP contribution in [-0.4, -0.2) is 11.4 Å². The van der Waals surface area contributed by atoms with Crippen LogP contribution in [0.15, 0.2) is 15.9 Å². The van der Waals surface area contributed by atoms with Crippen LogP contribution in [0.4, 0.5) is 0 Å². The first-order chi connectivity index (χ1) is 7.02. The van der Waals surface area contributed by atoms with Gasteiger partial charge in [0.15, 0.2) is 0 Å². The SMILES string of the molecule is C#CC(C)(CC)NC(=O)c1sccc1Br. The van der Waals surface area contributed by atoms with Crippen LogP contribution in [0, 0.1) is 12.3 Å². The zero-order chi connectivity index (χ0) is 11.5. The Morgan fingerprint density at radius 3 is 2.87 bits per heavy atom. The number of terminal acetylenes is 1. The minimum atomic E-state index is -0.569. The summed E-state index contributed by atoms with van der Waals surface area (Å²) >= 11 is 4.71. The van der Waals surface area contributed by atoms with Crippen molar-refractivity contribution in [2.24, 2.45) is 0 Å². The quantitative estimate of drug-likeness (QED) is 0.850. The van der Waals surface area contributed by atoms with E-state index >= 15 is 0 Å². The maximum absolute atomic E-state index is 11.8. The van der Waals surface area contributed by atoms with Gasteiger partial charge in [-0.3, -0.25) is 4.79 Å². The number of carbonyl (C=O) groups excluding carboxylic acids is 1. The molecule has 0 spiro atoms. The smallest absolute Gasteiger partial charge is 0.263 e. The van der Waals surface area contributed by atoms with E-state index in [9.17, 15) is 4.79 Å². The van der Waals surface area contributed by atoms with E-state index in [-0.39, 0.29) is 5.91 Å². The second-order valence-electron chi connectivity index (χ2n) is 3.38. The third kappa shape index (κ3) is 2.83. The zero-order valence-corrected chi connectivity index (χ0v) is 11.0. The van der Waals surface area contributed by atoms with Crippen LogP contribution in [0.25, 0.3) is 0 Å². The van der Waals surface area contributed by atoms with Gasteiger partial charge in [-0.15, -0.1) is 17.8 Å². The van der Waals surface area contributed by atoms with E-state index in [1.54, 1.807) is 0 Å². The highest BCUT2D eigenvalue weighted by molar-refractivity contribution is 9.10. The Morgan fingerprint density at radius 2 is 2.47 bits per heavy atom. The molecule has 0 aliphatic rings. The molecule has 1 aromatic heterocycles. The van der Waals surface area contributed by atoms with Crippen molar-refractivity contribution >= 4 is 33.2 Å². The van der Waals surface area contributed by atoms with E-state index < -0.39 is 5.54 Å². The van der Waals surface area contributed by atoms with E-state index in [1.807, 2.05) is 25.3 Å². The molecule has 0 saturated heterocycles. The molecule has 1 heterocycles. The summed E-state index contributed by atoms with van der Waals surface area (Å²) in [6.45, 7) is 3.79. The normalized spacial score (nSPS) is 14.0. The Kier molecular flexibility index (Phi) is 3.95. The third-order valence-electron chi connectivity index (χ3n) is 2.24. The average Bonchev–Trinajstić information content (AvgIpc) is 2.64. The Labute approximate surface area is 102 Å². The topological polar surface area (TPSA) is 29.1 Å². The molecule has 0 fully saturated rings. The van der Waals surface area contributed by atoms with Gasteiger partial charge in [0.05, 0.1) is 5.54 Å². The fraction of sp³-hybridized carbons (Fsp3) is 0.364. The Hall–Kier alpha value is -0.790. The van der Waals surface area contributed by atoms with Crippen molar-refractivity contribution in [1.29, 1.82) is 0 Å². The minimum absolute atomic E-state index is 0.126. The van der Waals surface area contributed by atoms with Crippen LogP contribution in [-0.2, 0) is 0 Å². The molecule has 4 heteroatoms. The van der Waals surface area contributed by atoms with Gasteiger partial charge in [-0.1, -0.05) is 12.8 Å². The van der Waals surface area contributed by atoms with E-state index in [2.05, 4.69) is 27.2 Å². The van der Waals surface area contributed by atoms with Gasteiger partial charge in [0.25, 0.3) is 5.91 Å². The van der Waals surface area contributed by atoms with Gasteiger partial charge in [-0.25, -0.2) is 0 Å². The van der Waals surface area contributed by atoms with E-state index in [0.717, 1.165) is 4.47 Å². The molecule has 0 bridgehead atoms. The first-order valence-corrected chi connectivity index (χ1v) is 6.23. The molecule has 0 aromatic carbocycles. The number of thiophene rings is 1. The number of rotatable bonds is 3. The number of halogens is 1. The summed E-state index contributed by atoms with van der Waals surface area (Å²) < 4.78 is 0.806. The molecule has 1 N–H and O–H groups in total. The molecule has 80 valence electrons. The lowest BCUT2D eigenvalue weighted by molar-refractivity contribution is 0.0927. The number of nitrogens with one attached hydrogen (secondary N) is 1. The molecule has 1 amide bonds. The Bertz CT molecular complexity index is 407. The first-order valence-electron chi connectivity index (χ1n) is 4.55. The van der Waals surface area contributed by atoms with Crippen LogP contribution in [0.3, 0.4) is 0 Å². The monoisotopic (exact) mass is 285 g/mol. The highest BCUT2D eigenvalue weighted by Crippen LogP contribution is 2.23. The van der Waals surface area contributed by atoms with Crippen LogP contribution >= 0.6 is 27.3 Å². The van der Waals surface area contributed by atoms with Gasteiger partial charge >= 0.3 is 0 Å². The number of hydrogen-bond acceptors (Lipinski definition) is 2. The summed E-state index contributed by atoms with van der Waals surface area (Å²) in [6, 6.07) is 1.85. The van der Waals surface area contributed by atoms with Gasteiger partial charge in [-0.2, -0.15) is 0 Å². The molecule has 1 aromatic rings. The van der Waals surface area contributed by atoms with Gasteiger partial charge < -0.3 is 5.32 Å². The van der Waals surface area contributed by atoms with Crippen molar-refractivity contribution in [2.45, 2.75) is 25.8 Å². The maximum atomic E-state index is 11.8. The van der Waals surface area contributed by atoms with Gasteiger partial charge in [0.2, 0.25) is 0 Å². The van der Waals surface area contributed by atoms with Crippen molar-refractivity contribution in [3.8, 4) is 12.3 Å². The molecular formula is C11H12BrNOS. The van der Waals surface area contributed by atoms with Crippen LogP contribution in [0.1, 0.15) is 29.9 Å². The first kappa shape index (κ1) is 12.3. The fourth-order valence-electron chi connectivity index (χ4n) is 0.990. The molecule has 0 radical (unpaired) electrons. The predicted molar refractivity (Wildman–Crippen MR) is 67.0 cm³/mol. The number of carbonyl (C=O) groups is 1. The molecule has 1 rings (SSSR count). The van der Waals surface area contributed by atoms with Crippen LogP contribution in [0.5, 0.6) is 0 Å². The summed E-state index contributed by atoms with van der Waals surface area (Å²) in [4.78, 5) is 12.5. The summed E-state index contributed by atoms with van der Waals surface area (Å²) in [6.07, 6.45) is 6.09. The highest BCUT2D eigenvalue weighted by Gasteiger charge is 2.23. The molecular weight excluding hydrogens is 274 g/mol. The largest absolute Gasteiger partial charge is 0.335 e. The highest BCUT2D eigenvalue weighted by atomic mass is 79.9. The van der Waals surface area contributed by atoms with Crippen molar-refractivity contribution < 1.29 is 4.79 Å². The van der Waals surface area contributed by atoms with Crippen molar-refractivity contribution in [3.63, 3.8) is 0 Å². The van der Waals surface area contributed by atoms with E-state index in [1.165, 1.54) is 11.3 Å². The van der Waals surface area contributed by atoms with Gasteiger partial charge in [-0.05, 0) is 40.7 Å². The maximum Gasteiger partial charge on any atom is 0.263 e.